The van der Waals surface area contributed by atoms with E-state index in [4.69, 9.17) is 0 Å². The lowest BCUT2D eigenvalue weighted by atomic mass is 10.0. The SMILES string of the molecule is O=Cc1ccc2nc(-c3cccc(-c4ccccc4)c3)[nH]c2c1. The highest BCUT2D eigenvalue weighted by atomic mass is 16.1. The molecule has 1 N–H and O–H groups in total. The van der Waals surface area contributed by atoms with Crippen LogP contribution in [0.15, 0.2) is 72.8 Å². The summed E-state index contributed by atoms with van der Waals surface area (Å²) in [7, 11) is 0. The first kappa shape index (κ1) is 13.5. The molecule has 23 heavy (non-hydrogen) atoms. The zero-order chi connectivity index (χ0) is 15.6. The number of carbonyl (C=O) groups excluding carboxylic acids is 1. The fourth-order valence-electron chi connectivity index (χ4n) is 2.71. The Balaban J connectivity index is 1.80. The third-order valence-corrected chi connectivity index (χ3v) is 3.89. The van der Waals surface area contributed by atoms with Crippen LogP contribution in [0.2, 0.25) is 0 Å². The number of H-pyrrole nitrogens is 1. The van der Waals surface area contributed by atoms with Gasteiger partial charge in [0.15, 0.2) is 0 Å². The normalized spacial score (nSPS) is 10.8. The second-order valence-electron chi connectivity index (χ2n) is 5.43. The van der Waals surface area contributed by atoms with Gasteiger partial charge >= 0.3 is 0 Å². The van der Waals surface area contributed by atoms with Crippen LogP contribution in [0.1, 0.15) is 10.4 Å². The summed E-state index contributed by atoms with van der Waals surface area (Å²) in [6, 6.07) is 24.0. The largest absolute Gasteiger partial charge is 0.338 e. The van der Waals surface area contributed by atoms with Gasteiger partial charge in [-0.05, 0) is 35.4 Å². The Kier molecular flexibility index (Phi) is 3.24. The zero-order valence-corrected chi connectivity index (χ0v) is 12.4. The van der Waals surface area contributed by atoms with Crippen molar-refractivity contribution in [2.75, 3.05) is 0 Å². The van der Waals surface area contributed by atoms with Crippen LogP contribution in [-0.4, -0.2) is 16.3 Å². The van der Waals surface area contributed by atoms with Crippen molar-refractivity contribution in [1.82, 2.24) is 9.97 Å². The first-order chi connectivity index (χ1) is 11.3. The van der Waals surface area contributed by atoms with Crippen molar-refractivity contribution in [3.05, 3.63) is 78.4 Å². The molecule has 0 atom stereocenters. The second kappa shape index (κ2) is 5.54. The van der Waals surface area contributed by atoms with Crippen LogP contribution in [0.4, 0.5) is 0 Å². The molecule has 0 bridgehead atoms. The molecule has 0 radical (unpaired) electrons. The van der Waals surface area contributed by atoms with E-state index in [2.05, 4.69) is 34.2 Å². The predicted molar refractivity (Wildman–Crippen MR) is 92.4 cm³/mol. The number of aromatic nitrogens is 2. The Morgan fingerprint density at radius 2 is 1.57 bits per heavy atom. The number of aromatic amines is 1. The molecule has 0 saturated heterocycles. The van der Waals surface area contributed by atoms with E-state index in [1.165, 1.54) is 5.56 Å². The van der Waals surface area contributed by atoms with Crippen LogP contribution in [0.25, 0.3) is 33.5 Å². The van der Waals surface area contributed by atoms with Crippen molar-refractivity contribution in [2.24, 2.45) is 0 Å². The molecule has 0 aliphatic rings. The monoisotopic (exact) mass is 298 g/mol. The predicted octanol–water partition coefficient (Wildman–Crippen LogP) is 4.71. The summed E-state index contributed by atoms with van der Waals surface area (Å²) < 4.78 is 0. The van der Waals surface area contributed by atoms with Crippen LogP contribution in [0, 0.1) is 0 Å². The molecule has 0 aliphatic heterocycles. The van der Waals surface area contributed by atoms with Crippen molar-refractivity contribution in [2.45, 2.75) is 0 Å². The molecular formula is C20H14N2O. The van der Waals surface area contributed by atoms with Gasteiger partial charge in [0.2, 0.25) is 0 Å². The standard InChI is InChI=1S/C20H14N2O/c23-13-14-9-10-18-19(11-14)22-20(21-18)17-8-4-7-16(12-17)15-5-2-1-3-6-15/h1-13H,(H,21,22). The minimum Gasteiger partial charge on any atom is -0.338 e. The van der Waals surface area contributed by atoms with Gasteiger partial charge in [-0.15, -0.1) is 0 Å². The number of hydrogen-bond acceptors (Lipinski definition) is 2. The van der Waals surface area contributed by atoms with Gasteiger partial charge in [-0.2, -0.15) is 0 Å². The van der Waals surface area contributed by atoms with Crippen LogP contribution in [0.3, 0.4) is 0 Å². The minimum absolute atomic E-state index is 0.644. The van der Waals surface area contributed by atoms with Gasteiger partial charge in [-0.1, -0.05) is 48.5 Å². The number of imidazole rings is 1. The van der Waals surface area contributed by atoms with Gasteiger partial charge in [0.25, 0.3) is 0 Å². The fraction of sp³-hybridized carbons (Fsp3) is 0. The summed E-state index contributed by atoms with van der Waals surface area (Å²) >= 11 is 0. The highest BCUT2D eigenvalue weighted by Crippen LogP contribution is 2.26. The third kappa shape index (κ3) is 2.53. The molecule has 0 fully saturated rings. The minimum atomic E-state index is 0.644. The molecule has 4 rings (SSSR count). The average molecular weight is 298 g/mol. The Bertz CT molecular complexity index is 987. The summed E-state index contributed by atoms with van der Waals surface area (Å²) in [6.07, 6.45) is 0.843. The number of aldehydes is 1. The Labute approximate surface area is 133 Å². The van der Waals surface area contributed by atoms with Crippen molar-refractivity contribution in [3.63, 3.8) is 0 Å². The van der Waals surface area contributed by atoms with E-state index >= 15 is 0 Å². The van der Waals surface area contributed by atoms with E-state index in [1.807, 2.05) is 42.5 Å². The smallest absolute Gasteiger partial charge is 0.150 e. The summed E-state index contributed by atoms with van der Waals surface area (Å²) in [5.41, 5.74) is 5.72. The lowest BCUT2D eigenvalue weighted by molar-refractivity contribution is 0.112. The quantitative estimate of drug-likeness (QED) is 0.557. The van der Waals surface area contributed by atoms with Gasteiger partial charge in [0, 0.05) is 11.1 Å². The van der Waals surface area contributed by atoms with Crippen molar-refractivity contribution < 1.29 is 4.79 Å². The first-order valence-corrected chi connectivity index (χ1v) is 7.44. The topological polar surface area (TPSA) is 45.8 Å². The molecule has 3 heteroatoms. The molecule has 3 aromatic carbocycles. The van der Waals surface area contributed by atoms with Gasteiger partial charge in [-0.25, -0.2) is 4.98 Å². The highest BCUT2D eigenvalue weighted by Gasteiger charge is 2.07. The van der Waals surface area contributed by atoms with Gasteiger partial charge in [0.1, 0.15) is 12.1 Å². The maximum atomic E-state index is 10.9. The summed E-state index contributed by atoms with van der Waals surface area (Å²) in [5, 5.41) is 0. The third-order valence-electron chi connectivity index (χ3n) is 3.89. The molecule has 0 saturated carbocycles. The van der Waals surface area contributed by atoms with E-state index in [0.29, 0.717) is 5.56 Å². The number of nitrogens with zero attached hydrogens (tertiary/aromatic N) is 1. The van der Waals surface area contributed by atoms with Crippen LogP contribution < -0.4 is 0 Å². The van der Waals surface area contributed by atoms with Crippen molar-refractivity contribution in [1.29, 1.82) is 0 Å². The number of carbonyl (C=O) groups is 1. The Hall–Kier alpha value is -3.20. The zero-order valence-electron chi connectivity index (χ0n) is 12.4. The van der Waals surface area contributed by atoms with Gasteiger partial charge < -0.3 is 4.98 Å². The lowest BCUT2D eigenvalue weighted by Crippen LogP contribution is -1.82. The molecule has 0 spiro atoms. The summed E-state index contributed by atoms with van der Waals surface area (Å²) in [5.74, 6) is 0.806. The molecular weight excluding hydrogens is 284 g/mol. The van der Waals surface area contributed by atoms with Gasteiger partial charge in [0.05, 0.1) is 11.0 Å². The van der Waals surface area contributed by atoms with Crippen LogP contribution >= 0.6 is 0 Å². The van der Waals surface area contributed by atoms with Crippen LogP contribution in [-0.2, 0) is 0 Å². The molecule has 0 aliphatic carbocycles. The molecule has 1 heterocycles. The summed E-state index contributed by atoms with van der Waals surface area (Å²) in [6.45, 7) is 0. The van der Waals surface area contributed by atoms with E-state index in [9.17, 15) is 4.79 Å². The molecule has 4 aromatic rings. The maximum Gasteiger partial charge on any atom is 0.150 e. The van der Waals surface area contributed by atoms with E-state index in [-0.39, 0.29) is 0 Å². The Morgan fingerprint density at radius 1 is 0.783 bits per heavy atom. The van der Waals surface area contributed by atoms with Crippen molar-refractivity contribution >= 4 is 17.3 Å². The van der Waals surface area contributed by atoms with Crippen molar-refractivity contribution in [3.8, 4) is 22.5 Å². The lowest BCUT2D eigenvalue weighted by Gasteiger charge is -2.03. The fourth-order valence-corrected chi connectivity index (χ4v) is 2.71. The maximum absolute atomic E-state index is 10.9. The number of benzene rings is 3. The van der Waals surface area contributed by atoms with E-state index in [1.54, 1.807) is 6.07 Å². The first-order valence-electron chi connectivity index (χ1n) is 7.44. The average Bonchev–Trinajstić information content (AvgIpc) is 3.06. The number of rotatable bonds is 3. The van der Waals surface area contributed by atoms with E-state index in [0.717, 1.165) is 34.3 Å². The molecule has 3 nitrogen and oxygen atoms in total. The summed E-state index contributed by atoms with van der Waals surface area (Å²) in [4.78, 5) is 18.8. The molecule has 0 amide bonds. The Morgan fingerprint density at radius 3 is 2.39 bits per heavy atom. The highest BCUT2D eigenvalue weighted by molar-refractivity contribution is 5.86. The molecule has 0 unspecified atom stereocenters. The van der Waals surface area contributed by atoms with Gasteiger partial charge in [-0.3, -0.25) is 4.79 Å². The number of fused-ring (bicyclic) bond motifs is 1. The number of hydrogen-bond donors (Lipinski definition) is 1. The van der Waals surface area contributed by atoms with E-state index < -0.39 is 0 Å². The molecule has 110 valence electrons. The number of nitrogens with one attached hydrogen (secondary N) is 1. The van der Waals surface area contributed by atoms with Crippen LogP contribution in [0.5, 0.6) is 0 Å². The second-order valence-corrected chi connectivity index (χ2v) is 5.43. The molecule has 1 aromatic heterocycles.